The molecule has 6 rings (SSSR count). The summed E-state index contributed by atoms with van der Waals surface area (Å²) in [4.78, 5) is 49.0. The van der Waals surface area contributed by atoms with Crippen LogP contribution in [-0.4, -0.2) is 53.7 Å². The Hall–Kier alpha value is -4.67. The number of nitrogens with two attached hydrogens (primary N) is 1. The normalized spacial score (nSPS) is 15.6. The molecule has 0 atom stereocenters. The lowest BCUT2D eigenvalue weighted by molar-refractivity contribution is -0.122. The molecule has 2 aliphatic rings. The largest absolute Gasteiger partial charge is 0.465 e. The molecule has 4 aromatic rings. The predicted octanol–water partition coefficient (Wildman–Crippen LogP) is 4.67. The maximum Gasteiger partial charge on any atom is 0.407 e. The number of aromatic amines is 1. The van der Waals surface area contributed by atoms with Crippen LogP contribution in [0.2, 0.25) is 0 Å². The molecular weight excluding hydrogens is 534 g/mol. The Bertz CT molecular complexity index is 1790. The van der Waals surface area contributed by atoms with Gasteiger partial charge in [0.15, 0.2) is 5.82 Å². The minimum atomic E-state index is -1.02. The zero-order chi connectivity index (χ0) is 30.2. The molecule has 0 unspecified atom stereocenters. The molecular formula is C31H35N7O4. The first-order valence-electron chi connectivity index (χ1n) is 14.3. The molecule has 0 saturated heterocycles. The van der Waals surface area contributed by atoms with Crippen molar-refractivity contribution >= 4 is 34.6 Å². The molecule has 0 radical (unpaired) electrons. The van der Waals surface area contributed by atoms with Gasteiger partial charge in [0, 0.05) is 17.2 Å². The minimum Gasteiger partial charge on any atom is -0.465 e. The van der Waals surface area contributed by atoms with Crippen molar-refractivity contribution in [2.24, 2.45) is 5.73 Å². The number of primary amides is 1. The maximum absolute atomic E-state index is 13.2. The summed E-state index contributed by atoms with van der Waals surface area (Å²) in [7, 11) is 0. The van der Waals surface area contributed by atoms with Crippen molar-refractivity contribution in [1.29, 1.82) is 0 Å². The molecule has 2 aliphatic heterocycles. The molecule has 42 heavy (non-hydrogen) atoms. The van der Waals surface area contributed by atoms with Crippen LogP contribution in [0.5, 0.6) is 0 Å². The molecule has 0 aliphatic carbocycles. The number of rotatable bonds is 6. The number of hydrogen-bond donors (Lipinski definition) is 3. The van der Waals surface area contributed by atoms with E-state index in [2.05, 4.69) is 4.98 Å². The number of H-pyrrole nitrogens is 1. The molecule has 11 heteroatoms. The van der Waals surface area contributed by atoms with E-state index in [4.69, 9.17) is 15.8 Å². The number of benzene rings is 2. The van der Waals surface area contributed by atoms with Gasteiger partial charge in [-0.1, -0.05) is 13.8 Å². The van der Waals surface area contributed by atoms with E-state index in [-0.39, 0.29) is 25.0 Å². The highest BCUT2D eigenvalue weighted by molar-refractivity contribution is 6.10. The van der Waals surface area contributed by atoms with Gasteiger partial charge in [-0.05, 0) is 81.5 Å². The number of carbonyl (C=O) groups excluding carboxylic acids is 2. The van der Waals surface area contributed by atoms with Crippen LogP contribution >= 0.6 is 0 Å². The highest BCUT2D eigenvalue weighted by Crippen LogP contribution is 2.45. The number of anilines is 1. The van der Waals surface area contributed by atoms with Gasteiger partial charge in [0.05, 0.1) is 46.6 Å². The third kappa shape index (κ3) is 3.90. The second-order valence-corrected chi connectivity index (χ2v) is 11.9. The van der Waals surface area contributed by atoms with Crippen LogP contribution in [0.4, 0.5) is 10.5 Å². The number of carbonyl (C=O) groups is 3. The van der Waals surface area contributed by atoms with Crippen LogP contribution in [0.1, 0.15) is 79.8 Å². The lowest BCUT2D eigenvalue weighted by atomic mass is 9.86. The number of hydrogen-bond acceptors (Lipinski definition) is 5. The summed E-state index contributed by atoms with van der Waals surface area (Å²) in [5.41, 5.74) is 13.3. The number of nitrogens with one attached hydrogen (secondary N) is 1. The Morgan fingerprint density at radius 2 is 1.76 bits per heavy atom. The molecule has 4 N–H and O–H groups in total. The van der Waals surface area contributed by atoms with Crippen molar-refractivity contribution in [2.45, 2.75) is 78.9 Å². The van der Waals surface area contributed by atoms with Gasteiger partial charge in [-0.15, -0.1) is 0 Å². The highest BCUT2D eigenvalue weighted by atomic mass is 16.4. The zero-order valence-electron chi connectivity index (χ0n) is 24.7. The fourth-order valence-electron chi connectivity index (χ4n) is 6.42. The molecule has 218 valence electrons. The fourth-order valence-corrected chi connectivity index (χ4v) is 6.42. The zero-order valence-corrected chi connectivity index (χ0v) is 24.7. The summed E-state index contributed by atoms with van der Waals surface area (Å²) in [5.74, 6) is 0.121. The van der Waals surface area contributed by atoms with Gasteiger partial charge in [0.2, 0.25) is 11.8 Å². The van der Waals surface area contributed by atoms with E-state index in [0.29, 0.717) is 35.4 Å². The number of fused-ring (bicyclic) bond motifs is 3. The number of amides is 3. The summed E-state index contributed by atoms with van der Waals surface area (Å²) >= 11 is 0. The molecule has 2 aromatic heterocycles. The summed E-state index contributed by atoms with van der Waals surface area (Å²) in [6, 6.07) is 7.75. The SMILES string of the molecule is CCc1cc(-n2nc(-c3nc4cc5c(cc4[nH]3)C(C)(C)C(=O)N5C(C)C)c3c2CN(C(=O)O)C3)cc(CC)c1C(N)=O. The second-order valence-electron chi connectivity index (χ2n) is 11.9. The van der Waals surface area contributed by atoms with Gasteiger partial charge in [0.1, 0.15) is 5.69 Å². The van der Waals surface area contributed by atoms with Crippen LogP contribution < -0.4 is 10.6 Å². The third-order valence-electron chi connectivity index (χ3n) is 8.62. The summed E-state index contributed by atoms with van der Waals surface area (Å²) in [5, 5.41) is 14.8. The van der Waals surface area contributed by atoms with Gasteiger partial charge in [-0.2, -0.15) is 5.10 Å². The van der Waals surface area contributed by atoms with Gasteiger partial charge in [-0.25, -0.2) is 14.5 Å². The summed E-state index contributed by atoms with van der Waals surface area (Å²) in [6.45, 7) is 12.2. The van der Waals surface area contributed by atoms with Gasteiger partial charge in [-0.3, -0.25) is 14.5 Å². The molecule has 3 amide bonds. The van der Waals surface area contributed by atoms with E-state index in [9.17, 15) is 19.5 Å². The van der Waals surface area contributed by atoms with Crippen molar-refractivity contribution in [3.05, 3.63) is 57.8 Å². The average molecular weight is 570 g/mol. The number of imidazole rings is 1. The van der Waals surface area contributed by atoms with E-state index in [1.54, 1.807) is 4.68 Å². The maximum atomic E-state index is 13.2. The van der Waals surface area contributed by atoms with Crippen LogP contribution in [0.25, 0.3) is 28.2 Å². The van der Waals surface area contributed by atoms with E-state index < -0.39 is 17.4 Å². The molecule has 11 nitrogen and oxygen atoms in total. The van der Waals surface area contributed by atoms with Gasteiger partial charge in [0.25, 0.3) is 0 Å². The summed E-state index contributed by atoms with van der Waals surface area (Å²) in [6.07, 6.45) is 0.201. The molecule has 0 spiro atoms. The lowest BCUT2D eigenvalue weighted by Crippen LogP contribution is -2.40. The average Bonchev–Trinajstić information content (AvgIpc) is 3.67. The van der Waals surface area contributed by atoms with Crippen molar-refractivity contribution in [1.82, 2.24) is 24.6 Å². The standard InChI is InChI=1S/C31H35N7O4/c1-7-16-9-18(10-17(8-2)25(16)27(32)39)38-24-14-36(30(41)42)13-19(24)26(35-38)28-33-21-11-20-23(12-22(21)34-28)37(15(3)4)29(40)31(20,5)6/h9-12,15H,7-8,13-14H2,1-6H3,(H2,32,39)(H,33,34)(H,41,42). The van der Waals surface area contributed by atoms with Crippen molar-refractivity contribution in [3.63, 3.8) is 0 Å². The van der Waals surface area contributed by atoms with Crippen molar-refractivity contribution in [3.8, 4) is 17.2 Å². The Morgan fingerprint density at radius 1 is 1.10 bits per heavy atom. The molecule has 0 fully saturated rings. The lowest BCUT2D eigenvalue weighted by Gasteiger charge is -2.24. The number of aryl methyl sites for hydroxylation is 2. The number of aromatic nitrogens is 4. The van der Waals surface area contributed by atoms with E-state index in [0.717, 1.165) is 44.8 Å². The molecule has 2 aromatic carbocycles. The molecule has 4 heterocycles. The fraction of sp³-hybridized carbons (Fsp3) is 0.387. The van der Waals surface area contributed by atoms with Crippen LogP contribution in [0.15, 0.2) is 24.3 Å². The van der Waals surface area contributed by atoms with E-state index >= 15 is 0 Å². The highest BCUT2D eigenvalue weighted by Gasteiger charge is 2.45. The molecule has 0 bridgehead atoms. The first-order valence-corrected chi connectivity index (χ1v) is 14.3. The van der Waals surface area contributed by atoms with Crippen LogP contribution in [-0.2, 0) is 36.1 Å². The Kier molecular flexibility index (Phi) is 6.18. The third-order valence-corrected chi connectivity index (χ3v) is 8.62. The first-order chi connectivity index (χ1) is 19.9. The van der Waals surface area contributed by atoms with E-state index in [1.807, 2.05) is 70.7 Å². The van der Waals surface area contributed by atoms with E-state index in [1.165, 1.54) is 4.90 Å². The van der Waals surface area contributed by atoms with Crippen LogP contribution in [0, 0.1) is 0 Å². The monoisotopic (exact) mass is 569 g/mol. The Morgan fingerprint density at radius 3 is 2.33 bits per heavy atom. The number of nitrogens with zero attached hydrogens (tertiary/aromatic N) is 5. The topological polar surface area (TPSA) is 150 Å². The quantitative estimate of drug-likeness (QED) is 0.307. The van der Waals surface area contributed by atoms with Crippen LogP contribution in [0.3, 0.4) is 0 Å². The summed E-state index contributed by atoms with van der Waals surface area (Å²) < 4.78 is 1.77. The smallest absolute Gasteiger partial charge is 0.407 e. The van der Waals surface area contributed by atoms with Gasteiger partial charge >= 0.3 is 6.09 Å². The van der Waals surface area contributed by atoms with Crippen molar-refractivity contribution < 1.29 is 19.5 Å². The predicted molar refractivity (Wildman–Crippen MR) is 159 cm³/mol. The Labute approximate surface area is 243 Å². The minimum absolute atomic E-state index is 0.00293. The van der Waals surface area contributed by atoms with Gasteiger partial charge < -0.3 is 20.7 Å². The number of carboxylic acid groups (broad SMARTS) is 1. The first kappa shape index (κ1) is 27.5. The second kappa shape index (κ2) is 9.43. The molecule has 0 saturated carbocycles. The Balaban J connectivity index is 1.53. The van der Waals surface area contributed by atoms with Crippen molar-refractivity contribution in [2.75, 3.05) is 4.90 Å².